The Bertz CT molecular complexity index is 592. The van der Waals surface area contributed by atoms with Gasteiger partial charge in [0.25, 0.3) is 0 Å². The van der Waals surface area contributed by atoms with Crippen LogP contribution in [0.3, 0.4) is 0 Å². The molecule has 0 bridgehead atoms. The van der Waals surface area contributed by atoms with Crippen LogP contribution in [0, 0.1) is 13.8 Å². The molecule has 0 saturated carbocycles. The molecular formula is C15H21ClN4. The maximum atomic E-state index is 6.36. The molecular weight excluding hydrogens is 272 g/mol. The van der Waals surface area contributed by atoms with Crippen LogP contribution in [0.1, 0.15) is 35.5 Å². The summed E-state index contributed by atoms with van der Waals surface area (Å²) >= 11 is 6.36. The van der Waals surface area contributed by atoms with Gasteiger partial charge in [0.1, 0.15) is 0 Å². The van der Waals surface area contributed by atoms with E-state index in [1.165, 1.54) is 11.1 Å². The molecule has 0 radical (unpaired) electrons. The number of nitrogens with one attached hydrogen (secondary N) is 1. The lowest BCUT2D eigenvalue weighted by atomic mass is 9.99. The lowest BCUT2D eigenvalue weighted by Gasteiger charge is -2.20. The Morgan fingerprint density at radius 3 is 2.70 bits per heavy atom. The van der Waals surface area contributed by atoms with Crippen LogP contribution in [0.25, 0.3) is 0 Å². The molecule has 0 aromatic carbocycles. The molecule has 2 aromatic rings. The maximum Gasteiger partial charge on any atom is 0.0847 e. The van der Waals surface area contributed by atoms with Gasteiger partial charge in [0.05, 0.1) is 16.4 Å². The molecule has 20 heavy (non-hydrogen) atoms. The molecule has 2 aromatic heterocycles. The molecule has 0 aliphatic rings. The van der Waals surface area contributed by atoms with Crippen molar-refractivity contribution in [3.63, 3.8) is 0 Å². The van der Waals surface area contributed by atoms with Crippen molar-refractivity contribution in [3.8, 4) is 0 Å². The molecule has 0 aliphatic carbocycles. The molecule has 0 amide bonds. The fourth-order valence-electron chi connectivity index (χ4n) is 2.51. The van der Waals surface area contributed by atoms with Gasteiger partial charge < -0.3 is 5.32 Å². The second-order valence-electron chi connectivity index (χ2n) is 5.02. The average Bonchev–Trinajstić information content (AvgIpc) is 2.65. The third-order valence-electron chi connectivity index (χ3n) is 3.55. The number of rotatable bonds is 5. The summed E-state index contributed by atoms with van der Waals surface area (Å²) in [5.74, 6) is 0. The number of hydrogen-bond donors (Lipinski definition) is 1. The Hall–Kier alpha value is -1.39. The predicted octanol–water partition coefficient (Wildman–Crippen LogP) is 2.98. The minimum Gasteiger partial charge on any atom is -0.310 e. The first kappa shape index (κ1) is 15.0. The van der Waals surface area contributed by atoms with Crippen molar-refractivity contribution in [2.45, 2.75) is 33.2 Å². The van der Waals surface area contributed by atoms with Gasteiger partial charge in [-0.15, -0.1) is 0 Å². The summed E-state index contributed by atoms with van der Waals surface area (Å²) < 4.78 is 1.87. The fraction of sp³-hybridized carbons (Fsp3) is 0.467. The molecule has 5 heteroatoms. The highest BCUT2D eigenvalue weighted by Gasteiger charge is 2.19. The molecule has 1 N–H and O–H groups in total. The van der Waals surface area contributed by atoms with Gasteiger partial charge in [0.2, 0.25) is 0 Å². The van der Waals surface area contributed by atoms with Crippen LogP contribution in [0.15, 0.2) is 18.5 Å². The number of likely N-dealkylation sites (N-methyl/N-ethyl adjacent to an activating group) is 1. The Balaban J connectivity index is 2.33. The van der Waals surface area contributed by atoms with E-state index < -0.39 is 0 Å². The van der Waals surface area contributed by atoms with E-state index in [1.54, 1.807) is 0 Å². The van der Waals surface area contributed by atoms with E-state index in [1.807, 2.05) is 31.0 Å². The summed E-state index contributed by atoms with van der Waals surface area (Å²) in [4.78, 5) is 4.16. The van der Waals surface area contributed by atoms with Gasteiger partial charge >= 0.3 is 0 Å². The first-order valence-electron chi connectivity index (χ1n) is 6.86. The molecule has 0 aliphatic heterocycles. The molecule has 4 nitrogen and oxygen atoms in total. The van der Waals surface area contributed by atoms with E-state index in [0.717, 1.165) is 29.4 Å². The SMILES string of the molecule is CCNC(Cc1c(Cl)c(C)nn1C)c1ccncc1C. The fourth-order valence-corrected chi connectivity index (χ4v) is 2.75. The Labute approximate surface area is 125 Å². The highest BCUT2D eigenvalue weighted by Crippen LogP contribution is 2.26. The van der Waals surface area contributed by atoms with Gasteiger partial charge in [-0.05, 0) is 37.6 Å². The maximum absolute atomic E-state index is 6.36. The Kier molecular flexibility index (Phi) is 4.78. The molecule has 2 rings (SSSR count). The zero-order valence-electron chi connectivity index (χ0n) is 12.4. The second-order valence-corrected chi connectivity index (χ2v) is 5.39. The number of nitrogens with zero attached hydrogens (tertiary/aromatic N) is 3. The van der Waals surface area contributed by atoms with E-state index in [-0.39, 0.29) is 6.04 Å². The summed E-state index contributed by atoms with van der Waals surface area (Å²) in [5.41, 5.74) is 4.39. The first-order valence-corrected chi connectivity index (χ1v) is 7.24. The van der Waals surface area contributed by atoms with E-state index in [9.17, 15) is 0 Å². The zero-order chi connectivity index (χ0) is 14.7. The zero-order valence-corrected chi connectivity index (χ0v) is 13.2. The molecule has 0 spiro atoms. The van der Waals surface area contributed by atoms with Gasteiger partial charge in [-0.2, -0.15) is 5.10 Å². The van der Waals surface area contributed by atoms with Crippen molar-refractivity contribution >= 4 is 11.6 Å². The third kappa shape index (κ3) is 3.02. The minimum absolute atomic E-state index is 0.218. The van der Waals surface area contributed by atoms with Crippen molar-refractivity contribution in [2.24, 2.45) is 7.05 Å². The monoisotopic (exact) mass is 292 g/mol. The molecule has 1 atom stereocenters. The van der Waals surface area contributed by atoms with Crippen molar-refractivity contribution in [1.82, 2.24) is 20.1 Å². The first-order chi connectivity index (χ1) is 9.54. The summed E-state index contributed by atoms with van der Waals surface area (Å²) in [6.07, 6.45) is 4.55. The van der Waals surface area contributed by atoms with Crippen LogP contribution in [0.2, 0.25) is 5.02 Å². The van der Waals surface area contributed by atoms with Crippen molar-refractivity contribution in [3.05, 3.63) is 46.0 Å². The van der Waals surface area contributed by atoms with E-state index >= 15 is 0 Å². The number of aromatic nitrogens is 3. The topological polar surface area (TPSA) is 42.7 Å². The Morgan fingerprint density at radius 1 is 1.40 bits per heavy atom. The van der Waals surface area contributed by atoms with Gasteiger partial charge in [0.15, 0.2) is 0 Å². The quantitative estimate of drug-likeness (QED) is 0.921. The van der Waals surface area contributed by atoms with E-state index in [2.05, 4.69) is 35.3 Å². The minimum atomic E-state index is 0.218. The smallest absolute Gasteiger partial charge is 0.0847 e. The largest absolute Gasteiger partial charge is 0.310 e. The molecule has 0 fully saturated rings. The van der Waals surface area contributed by atoms with Gasteiger partial charge in [-0.1, -0.05) is 18.5 Å². The third-order valence-corrected chi connectivity index (χ3v) is 4.04. The van der Waals surface area contributed by atoms with Crippen molar-refractivity contribution in [2.75, 3.05) is 6.54 Å². The summed E-state index contributed by atoms with van der Waals surface area (Å²) in [6.45, 7) is 7.04. The van der Waals surface area contributed by atoms with Crippen LogP contribution < -0.4 is 5.32 Å². The number of hydrogen-bond acceptors (Lipinski definition) is 3. The summed E-state index contributed by atoms with van der Waals surface area (Å²) in [7, 11) is 1.94. The Morgan fingerprint density at radius 2 is 2.15 bits per heavy atom. The van der Waals surface area contributed by atoms with Gasteiger partial charge in [0, 0.05) is 31.9 Å². The van der Waals surface area contributed by atoms with Crippen LogP contribution >= 0.6 is 11.6 Å². The lowest BCUT2D eigenvalue weighted by Crippen LogP contribution is -2.24. The highest BCUT2D eigenvalue weighted by molar-refractivity contribution is 6.31. The highest BCUT2D eigenvalue weighted by atomic mass is 35.5. The van der Waals surface area contributed by atoms with E-state index in [0.29, 0.717) is 0 Å². The summed E-state index contributed by atoms with van der Waals surface area (Å²) in [5, 5.41) is 8.67. The van der Waals surface area contributed by atoms with Crippen molar-refractivity contribution in [1.29, 1.82) is 0 Å². The van der Waals surface area contributed by atoms with E-state index in [4.69, 9.17) is 11.6 Å². The predicted molar refractivity (Wildman–Crippen MR) is 82.1 cm³/mol. The average molecular weight is 293 g/mol. The lowest BCUT2D eigenvalue weighted by molar-refractivity contribution is 0.526. The van der Waals surface area contributed by atoms with Crippen molar-refractivity contribution < 1.29 is 0 Å². The number of halogens is 1. The van der Waals surface area contributed by atoms with Crippen LogP contribution in [0.4, 0.5) is 0 Å². The number of aryl methyl sites for hydroxylation is 3. The van der Waals surface area contributed by atoms with Crippen LogP contribution in [-0.2, 0) is 13.5 Å². The van der Waals surface area contributed by atoms with Crippen LogP contribution in [0.5, 0.6) is 0 Å². The number of pyridine rings is 1. The molecule has 108 valence electrons. The molecule has 0 saturated heterocycles. The second kappa shape index (κ2) is 6.37. The molecule has 1 unspecified atom stereocenters. The summed E-state index contributed by atoms with van der Waals surface area (Å²) in [6, 6.07) is 2.29. The molecule has 2 heterocycles. The normalized spacial score (nSPS) is 12.7. The van der Waals surface area contributed by atoms with Crippen LogP contribution in [-0.4, -0.2) is 21.3 Å². The van der Waals surface area contributed by atoms with Gasteiger partial charge in [-0.25, -0.2) is 0 Å². The standard InChI is InChI=1S/C15H21ClN4/c1-5-18-13(12-6-7-17-9-10(12)2)8-14-15(16)11(3)19-20(14)4/h6-7,9,13,18H,5,8H2,1-4H3. The van der Waals surface area contributed by atoms with Gasteiger partial charge in [-0.3, -0.25) is 9.67 Å².